The minimum Gasteiger partial charge on any atom is -0.497 e. The Balaban J connectivity index is 1.50. The van der Waals surface area contributed by atoms with Gasteiger partial charge in [-0.1, -0.05) is 54.6 Å². The fraction of sp³-hybridized carbons (Fsp3) is 0.263. The van der Waals surface area contributed by atoms with E-state index in [2.05, 4.69) is 10.9 Å². The predicted octanol–water partition coefficient (Wildman–Crippen LogP) is 5.66. The molecule has 0 bridgehead atoms. The van der Waals surface area contributed by atoms with Crippen molar-refractivity contribution in [3.63, 3.8) is 0 Å². The molecule has 10 heteroatoms. The maximum absolute atomic E-state index is 14.4. The molecule has 0 saturated heterocycles. The van der Waals surface area contributed by atoms with Crippen LogP contribution in [-0.2, 0) is 16.1 Å². The zero-order valence-corrected chi connectivity index (χ0v) is 27.3. The molecule has 0 aromatic heterocycles. The molecule has 0 radical (unpaired) electrons. The van der Waals surface area contributed by atoms with Crippen molar-refractivity contribution in [1.82, 2.24) is 10.9 Å². The summed E-state index contributed by atoms with van der Waals surface area (Å²) in [6.07, 6.45) is 3.90. The number of benzene rings is 4. The smallest absolute Gasteiger partial charge is 0.266 e. The Bertz CT molecular complexity index is 1690. The number of ether oxygens (including phenoxy) is 5. The van der Waals surface area contributed by atoms with E-state index in [-0.39, 0.29) is 18.9 Å². The van der Waals surface area contributed by atoms with Crippen molar-refractivity contribution in [1.29, 1.82) is 0 Å². The summed E-state index contributed by atoms with van der Waals surface area (Å²) < 4.78 is 28.7. The molecule has 0 saturated carbocycles. The molecule has 3 N–H and O–H groups in total. The molecule has 1 heterocycles. The van der Waals surface area contributed by atoms with Crippen LogP contribution in [0, 0.1) is 0 Å². The topological polar surface area (TPSA) is 120 Å². The largest absolute Gasteiger partial charge is 0.497 e. The molecule has 0 aliphatic carbocycles. The van der Waals surface area contributed by atoms with Gasteiger partial charge in [-0.15, -0.1) is 0 Å². The molecule has 4 aromatic rings. The van der Waals surface area contributed by atoms with E-state index in [1.807, 2.05) is 103 Å². The Morgan fingerprint density at radius 1 is 0.875 bits per heavy atom. The first-order valence-corrected chi connectivity index (χ1v) is 15.7. The molecule has 0 unspecified atom stereocenters. The lowest BCUT2D eigenvalue weighted by Gasteiger charge is -2.30. The van der Waals surface area contributed by atoms with Crippen LogP contribution >= 0.6 is 0 Å². The number of aliphatic hydroxyl groups is 1. The Labute approximate surface area is 281 Å². The van der Waals surface area contributed by atoms with Crippen LogP contribution in [0.15, 0.2) is 108 Å². The van der Waals surface area contributed by atoms with Gasteiger partial charge >= 0.3 is 0 Å². The van der Waals surface area contributed by atoms with E-state index in [4.69, 9.17) is 33.8 Å². The van der Waals surface area contributed by atoms with Crippen LogP contribution in [0.4, 0.5) is 0 Å². The highest BCUT2D eigenvalue weighted by atomic mass is 16.5. The molecule has 4 aromatic carbocycles. The van der Waals surface area contributed by atoms with Gasteiger partial charge in [0.1, 0.15) is 23.0 Å². The average molecular weight is 652 g/mol. The summed E-state index contributed by atoms with van der Waals surface area (Å²) in [7, 11) is 4.78. The first-order valence-electron chi connectivity index (χ1n) is 15.7. The third-order valence-corrected chi connectivity index (χ3v) is 7.87. The number of carbonyl (C=O) groups excluding carboxylic acids is 1. The summed E-state index contributed by atoms with van der Waals surface area (Å²) in [5.74, 6) is 2.52. The highest BCUT2D eigenvalue weighted by molar-refractivity contribution is 6.01. The fourth-order valence-corrected chi connectivity index (χ4v) is 5.36. The van der Waals surface area contributed by atoms with Gasteiger partial charge in [0, 0.05) is 37.6 Å². The van der Waals surface area contributed by atoms with E-state index < -0.39 is 11.6 Å². The van der Waals surface area contributed by atoms with Gasteiger partial charge in [-0.3, -0.25) is 10.2 Å². The number of nitrogens with zero attached hydrogens (tertiary/aromatic N) is 1. The molecule has 5 rings (SSSR count). The molecule has 0 fully saturated rings. The van der Waals surface area contributed by atoms with Crippen molar-refractivity contribution in [2.45, 2.75) is 31.0 Å². The van der Waals surface area contributed by atoms with Gasteiger partial charge < -0.3 is 28.8 Å². The number of hydrazine groups is 1. The van der Waals surface area contributed by atoms with Crippen LogP contribution in [0.1, 0.15) is 41.2 Å². The van der Waals surface area contributed by atoms with E-state index in [0.717, 1.165) is 16.7 Å². The Hall–Kier alpha value is -5.32. The van der Waals surface area contributed by atoms with Crippen LogP contribution in [0.3, 0.4) is 0 Å². The van der Waals surface area contributed by atoms with Gasteiger partial charge in [-0.2, -0.15) is 0 Å². The fourth-order valence-electron chi connectivity index (χ4n) is 5.36. The first-order chi connectivity index (χ1) is 23.5. The number of carbonyl (C=O) groups is 1. The summed E-state index contributed by atoms with van der Waals surface area (Å²) in [5.41, 5.74) is 7.86. The van der Waals surface area contributed by atoms with Gasteiger partial charge in [0.2, 0.25) is 5.90 Å². The minimum absolute atomic E-state index is 0.0554. The van der Waals surface area contributed by atoms with Crippen LogP contribution in [0.2, 0.25) is 0 Å². The molecule has 1 aliphatic rings. The van der Waals surface area contributed by atoms with E-state index >= 15 is 0 Å². The van der Waals surface area contributed by atoms with Gasteiger partial charge in [0.05, 0.1) is 27.9 Å². The zero-order valence-electron chi connectivity index (χ0n) is 27.3. The van der Waals surface area contributed by atoms with Crippen molar-refractivity contribution in [2.75, 3.05) is 34.5 Å². The lowest BCUT2D eigenvalue weighted by Crippen LogP contribution is -2.52. The van der Waals surface area contributed by atoms with Gasteiger partial charge in [0.15, 0.2) is 11.6 Å². The third-order valence-electron chi connectivity index (χ3n) is 7.87. The van der Waals surface area contributed by atoms with E-state index in [0.29, 0.717) is 54.0 Å². The molecule has 1 amide bonds. The predicted molar refractivity (Wildman–Crippen MR) is 184 cm³/mol. The number of aliphatic imine (C=N–C) groups is 1. The molecular weight excluding hydrogens is 610 g/mol. The van der Waals surface area contributed by atoms with Crippen molar-refractivity contribution in [3.05, 3.63) is 125 Å². The van der Waals surface area contributed by atoms with Crippen LogP contribution in [0.25, 0.3) is 6.08 Å². The molecule has 48 heavy (non-hydrogen) atoms. The lowest BCUT2D eigenvalue weighted by atomic mass is 9.84. The number of rotatable bonds is 16. The summed E-state index contributed by atoms with van der Waals surface area (Å²) in [4.78, 5) is 19.5. The van der Waals surface area contributed by atoms with Crippen LogP contribution in [0.5, 0.6) is 23.0 Å². The highest BCUT2D eigenvalue weighted by Gasteiger charge is 2.52. The van der Waals surface area contributed by atoms with Crippen molar-refractivity contribution in [2.24, 2.45) is 4.99 Å². The third kappa shape index (κ3) is 8.33. The first kappa shape index (κ1) is 34.0. The molecule has 1 aliphatic heterocycles. The number of aliphatic hydroxyl groups excluding tert-OH is 1. The Kier molecular flexibility index (Phi) is 11.7. The van der Waals surface area contributed by atoms with Crippen LogP contribution in [-0.4, -0.2) is 57.0 Å². The standard InChI is InChI=1S/C38H41N3O7/c1-44-32-14-7-13-30(24-32)35-38(19-8-12-27-10-5-4-6-11-27,37(43)41-39-26-28-22-33(45-2)25-34(23-28)46-3)40-36(48-35)29-15-17-31(18-16-29)47-21-9-20-42/h4-8,10-18,22-25,35,39,42H,9,19-21,26H2,1-3H3,(H,41,43)/b12-8+/t35-,38-/m0/s1. The number of amides is 1. The van der Waals surface area contributed by atoms with E-state index in [9.17, 15) is 4.79 Å². The SMILES string of the molecule is COc1cc(CNNC(=O)[C@@]2(C/C=C/c3ccccc3)N=C(c3ccc(OCCCO)cc3)O[C@H]2c2cccc(OC)c2)cc(OC)c1. The zero-order chi connectivity index (χ0) is 33.8. The summed E-state index contributed by atoms with van der Waals surface area (Å²) in [6, 6.07) is 30.2. The minimum atomic E-state index is -1.40. The summed E-state index contributed by atoms with van der Waals surface area (Å²) in [5, 5.41) is 9.09. The van der Waals surface area contributed by atoms with Gasteiger partial charge in [-0.25, -0.2) is 10.4 Å². The molecule has 10 nitrogen and oxygen atoms in total. The van der Waals surface area contributed by atoms with Crippen molar-refractivity contribution < 1.29 is 33.6 Å². The van der Waals surface area contributed by atoms with E-state index in [1.54, 1.807) is 27.4 Å². The number of nitrogens with one attached hydrogen (secondary N) is 2. The van der Waals surface area contributed by atoms with Crippen molar-refractivity contribution >= 4 is 17.9 Å². The second kappa shape index (κ2) is 16.5. The van der Waals surface area contributed by atoms with Gasteiger partial charge in [-0.05, 0) is 65.2 Å². The second-order valence-corrected chi connectivity index (χ2v) is 11.1. The number of hydrogen-bond donors (Lipinski definition) is 3. The van der Waals surface area contributed by atoms with Crippen molar-refractivity contribution in [3.8, 4) is 23.0 Å². The number of methoxy groups -OCH3 is 3. The Morgan fingerprint density at radius 3 is 2.29 bits per heavy atom. The normalized spacial score (nSPS) is 17.0. The molecule has 0 spiro atoms. The summed E-state index contributed by atoms with van der Waals surface area (Å²) >= 11 is 0. The molecular formula is C38H41N3O7. The average Bonchev–Trinajstić information content (AvgIpc) is 3.53. The monoisotopic (exact) mass is 651 g/mol. The Morgan fingerprint density at radius 2 is 1.60 bits per heavy atom. The molecule has 2 atom stereocenters. The van der Waals surface area contributed by atoms with Gasteiger partial charge in [0.25, 0.3) is 5.91 Å². The lowest BCUT2D eigenvalue weighted by molar-refractivity contribution is -0.129. The summed E-state index contributed by atoms with van der Waals surface area (Å²) in [6.45, 7) is 0.756. The van der Waals surface area contributed by atoms with E-state index in [1.165, 1.54) is 0 Å². The maximum Gasteiger partial charge on any atom is 0.266 e. The quantitative estimate of drug-likeness (QED) is 0.105. The second-order valence-electron chi connectivity index (χ2n) is 11.1. The molecule has 250 valence electrons. The number of hydrogen-bond acceptors (Lipinski definition) is 9. The maximum atomic E-state index is 14.4. The van der Waals surface area contributed by atoms with Crippen LogP contribution < -0.4 is 29.8 Å². The highest BCUT2D eigenvalue weighted by Crippen LogP contribution is 2.43.